The van der Waals surface area contributed by atoms with Crippen LogP contribution in [0.25, 0.3) is 21.6 Å². The predicted molar refractivity (Wildman–Crippen MR) is 145 cm³/mol. The highest BCUT2D eigenvalue weighted by Crippen LogP contribution is 2.46. The first-order chi connectivity index (χ1) is 16.0. The van der Waals surface area contributed by atoms with E-state index in [9.17, 15) is 5.26 Å². The molecule has 1 heterocycles. The van der Waals surface area contributed by atoms with Crippen LogP contribution in [0.4, 0.5) is 0 Å². The van der Waals surface area contributed by atoms with Crippen LogP contribution in [-0.4, -0.2) is 14.4 Å². The summed E-state index contributed by atoms with van der Waals surface area (Å²) in [5.74, 6) is 0.645. The van der Waals surface area contributed by atoms with Gasteiger partial charge in [0.1, 0.15) is 11.8 Å². The minimum absolute atomic E-state index is 0.0379. The van der Waals surface area contributed by atoms with Gasteiger partial charge in [-0.15, -0.1) is 11.3 Å². The van der Waals surface area contributed by atoms with E-state index in [4.69, 9.17) is 9.16 Å². The van der Waals surface area contributed by atoms with E-state index in [1.807, 2.05) is 32.0 Å². The van der Waals surface area contributed by atoms with Crippen molar-refractivity contribution in [2.45, 2.75) is 77.8 Å². The summed E-state index contributed by atoms with van der Waals surface area (Å²) in [5.41, 5.74) is 6.96. The molecular formula is C29H35NO2SSi. The lowest BCUT2D eigenvalue weighted by Gasteiger charge is -2.38. The molecule has 0 N–H and O–H groups in total. The summed E-state index contributed by atoms with van der Waals surface area (Å²) in [7, 11) is -1.83. The SMILES string of the molecule is CC(C)Oc1ccc(-c2cc(-c3cccc4c3CCC4O[Si](C)(C)C(C)(C)C)cs2)cc1C#N. The van der Waals surface area contributed by atoms with Crippen molar-refractivity contribution in [3.05, 3.63) is 64.5 Å². The van der Waals surface area contributed by atoms with E-state index >= 15 is 0 Å². The molecule has 3 aromatic rings. The molecule has 34 heavy (non-hydrogen) atoms. The van der Waals surface area contributed by atoms with Crippen LogP contribution < -0.4 is 4.74 Å². The molecule has 0 saturated carbocycles. The summed E-state index contributed by atoms with van der Waals surface area (Å²) < 4.78 is 12.6. The van der Waals surface area contributed by atoms with Crippen molar-refractivity contribution in [2.24, 2.45) is 0 Å². The van der Waals surface area contributed by atoms with Gasteiger partial charge in [-0.05, 0) is 102 Å². The fraction of sp³-hybridized carbons (Fsp3) is 0.414. The van der Waals surface area contributed by atoms with E-state index in [0.29, 0.717) is 11.3 Å². The summed E-state index contributed by atoms with van der Waals surface area (Å²) in [5, 5.41) is 12.0. The van der Waals surface area contributed by atoms with Crippen molar-refractivity contribution in [2.75, 3.05) is 0 Å². The van der Waals surface area contributed by atoms with E-state index in [0.717, 1.165) is 23.3 Å². The van der Waals surface area contributed by atoms with Gasteiger partial charge in [0, 0.05) is 4.88 Å². The third-order valence-corrected chi connectivity index (χ3v) is 12.6. The number of nitrogens with zero attached hydrogens (tertiary/aromatic N) is 1. The number of benzene rings is 2. The van der Waals surface area contributed by atoms with Gasteiger partial charge in [0.2, 0.25) is 0 Å². The molecule has 0 radical (unpaired) electrons. The molecule has 1 unspecified atom stereocenters. The molecule has 5 heteroatoms. The Kier molecular flexibility index (Phi) is 6.79. The van der Waals surface area contributed by atoms with Crippen molar-refractivity contribution >= 4 is 19.7 Å². The summed E-state index contributed by atoms with van der Waals surface area (Å²) in [6.45, 7) is 15.5. The van der Waals surface area contributed by atoms with E-state index in [1.54, 1.807) is 11.3 Å². The van der Waals surface area contributed by atoms with Crippen molar-refractivity contribution < 1.29 is 9.16 Å². The molecule has 178 valence electrons. The quantitative estimate of drug-likeness (QED) is 0.325. The van der Waals surface area contributed by atoms with Crippen molar-refractivity contribution in [1.82, 2.24) is 0 Å². The third kappa shape index (κ3) is 4.86. The van der Waals surface area contributed by atoms with Gasteiger partial charge in [0.25, 0.3) is 0 Å². The lowest BCUT2D eigenvalue weighted by Crippen LogP contribution is -2.41. The first kappa shape index (κ1) is 24.7. The zero-order chi connectivity index (χ0) is 24.7. The molecule has 0 spiro atoms. The molecule has 0 fully saturated rings. The van der Waals surface area contributed by atoms with Gasteiger partial charge in [-0.3, -0.25) is 0 Å². The first-order valence-electron chi connectivity index (χ1n) is 12.1. The summed E-state index contributed by atoms with van der Waals surface area (Å²) >= 11 is 1.72. The second-order valence-corrected chi connectivity index (χ2v) is 16.6. The molecule has 4 rings (SSSR count). The van der Waals surface area contributed by atoms with Crippen molar-refractivity contribution in [3.63, 3.8) is 0 Å². The fourth-order valence-corrected chi connectivity index (χ4v) is 6.51. The number of rotatable bonds is 6. The van der Waals surface area contributed by atoms with Gasteiger partial charge in [0.05, 0.1) is 17.8 Å². The molecule has 1 aromatic heterocycles. The smallest absolute Gasteiger partial charge is 0.192 e. The average Bonchev–Trinajstić information content (AvgIpc) is 3.40. The predicted octanol–water partition coefficient (Wildman–Crippen LogP) is 8.75. The van der Waals surface area contributed by atoms with Crippen LogP contribution >= 0.6 is 11.3 Å². The Morgan fingerprint density at radius 3 is 2.53 bits per heavy atom. The van der Waals surface area contributed by atoms with Crippen LogP contribution in [0.5, 0.6) is 5.75 Å². The standard InChI is InChI=1S/C29H35NO2SSi/c1-19(2)31-26-13-11-20(15-21(26)17-30)28-16-22(18-33-28)23-9-8-10-25-24(23)12-14-27(25)32-34(6,7)29(3,4)5/h8-11,13,15-16,18-19,27H,12,14H2,1-7H3. The van der Waals surface area contributed by atoms with Gasteiger partial charge in [-0.25, -0.2) is 0 Å². The van der Waals surface area contributed by atoms with Gasteiger partial charge < -0.3 is 9.16 Å². The Morgan fingerprint density at radius 1 is 1.09 bits per heavy atom. The van der Waals surface area contributed by atoms with Crippen LogP contribution in [0.2, 0.25) is 18.1 Å². The average molecular weight is 490 g/mol. The fourth-order valence-electron chi connectivity index (χ4n) is 4.30. The number of nitriles is 1. The largest absolute Gasteiger partial charge is 0.490 e. The summed E-state index contributed by atoms with van der Waals surface area (Å²) in [6, 6.07) is 17.1. The van der Waals surface area contributed by atoms with Crippen molar-refractivity contribution in [3.8, 4) is 33.4 Å². The maximum Gasteiger partial charge on any atom is 0.192 e. The highest BCUT2D eigenvalue weighted by atomic mass is 32.1. The van der Waals surface area contributed by atoms with E-state index in [1.165, 1.54) is 22.3 Å². The topological polar surface area (TPSA) is 42.2 Å². The Morgan fingerprint density at radius 2 is 1.85 bits per heavy atom. The zero-order valence-electron chi connectivity index (χ0n) is 21.4. The van der Waals surface area contributed by atoms with Crippen molar-refractivity contribution in [1.29, 1.82) is 5.26 Å². The maximum atomic E-state index is 9.61. The van der Waals surface area contributed by atoms with Gasteiger partial charge in [-0.1, -0.05) is 39.0 Å². The molecule has 2 aromatic carbocycles. The Labute approximate surface area is 209 Å². The molecule has 3 nitrogen and oxygen atoms in total. The molecular weight excluding hydrogens is 454 g/mol. The van der Waals surface area contributed by atoms with E-state index in [2.05, 4.69) is 69.6 Å². The van der Waals surface area contributed by atoms with Crippen LogP contribution in [0.15, 0.2) is 47.8 Å². The number of hydrogen-bond donors (Lipinski definition) is 0. The highest BCUT2D eigenvalue weighted by Gasteiger charge is 2.41. The second kappa shape index (κ2) is 9.34. The molecule has 1 atom stereocenters. The minimum Gasteiger partial charge on any atom is -0.490 e. The number of thiophene rings is 1. The first-order valence-corrected chi connectivity index (χ1v) is 15.9. The van der Waals surface area contributed by atoms with Gasteiger partial charge >= 0.3 is 0 Å². The Hall–Kier alpha value is -2.39. The summed E-state index contributed by atoms with van der Waals surface area (Å²) in [4.78, 5) is 1.16. The van der Waals surface area contributed by atoms with Crippen LogP contribution in [-0.2, 0) is 10.8 Å². The molecule has 1 aliphatic carbocycles. The normalized spacial score (nSPS) is 15.9. The molecule has 0 bridgehead atoms. The molecule has 0 amide bonds. The lowest BCUT2D eigenvalue weighted by atomic mass is 9.98. The van der Waals surface area contributed by atoms with Gasteiger partial charge in [0.15, 0.2) is 8.32 Å². The molecule has 0 saturated heterocycles. The van der Waals surface area contributed by atoms with E-state index in [-0.39, 0.29) is 17.2 Å². The molecule has 0 aliphatic heterocycles. The Bertz CT molecular complexity index is 1230. The summed E-state index contributed by atoms with van der Waals surface area (Å²) in [6.07, 6.45) is 2.34. The highest BCUT2D eigenvalue weighted by molar-refractivity contribution is 7.14. The number of fused-ring (bicyclic) bond motifs is 1. The number of ether oxygens (including phenoxy) is 1. The maximum absolute atomic E-state index is 9.61. The lowest BCUT2D eigenvalue weighted by molar-refractivity contribution is 0.185. The minimum atomic E-state index is -1.83. The van der Waals surface area contributed by atoms with E-state index < -0.39 is 8.32 Å². The monoisotopic (exact) mass is 489 g/mol. The van der Waals surface area contributed by atoms with Crippen LogP contribution in [0, 0.1) is 11.3 Å². The zero-order valence-corrected chi connectivity index (χ0v) is 23.2. The second-order valence-electron chi connectivity index (χ2n) is 11.0. The number of hydrogen-bond acceptors (Lipinski definition) is 4. The van der Waals surface area contributed by atoms with Gasteiger partial charge in [-0.2, -0.15) is 5.26 Å². The van der Waals surface area contributed by atoms with Crippen LogP contribution in [0.3, 0.4) is 0 Å². The van der Waals surface area contributed by atoms with Crippen LogP contribution in [0.1, 0.15) is 63.8 Å². The molecule has 1 aliphatic rings. The third-order valence-electron chi connectivity index (χ3n) is 7.12. The Balaban J connectivity index is 1.63.